The second kappa shape index (κ2) is 7.61. The monoisotopic (exact) mass is 448 g/mol. The molecule has 2 fully saturated rings. The summed E-state index contributed by atoms with van der Waals surface area (Å²) in [4.78, 5) is 36.7. The number of nitrogens with one attached hydrogen (secondary N) is 2. The minimum atomic E-state index is -1.32. The summed E-state index contributed by atoms with van der Waals surface area (Å²) in [5.41, 5.74) is 2.77. The van der Waals surface area contributed by atoms with Crippen LogP contribution in [0.3, 0.4) is 0 Å². The highest BCUT2D eigenvalue weighted by Crippen LogP contribution is 2.63. The zero-order valence-electron chi connectivity index (χ0n) is 18.8. The largest absolute Gasteiger partial charge is 0.480 e. The van der Waals surface area contributed by atoms with Crippen molar-refractivity contribution in [3.05, 3.63) is 59.7 Å². The summed E-state index contributed by atoms with van der Waals surface area (Å²) in [6.45, 7) is 3.19. The molecule has 2 saturated carbocycles. The van der Waals surface area contributed by atoms with Gasteiger partial charge in [0.05, 0.1) is 5.41 Å². The molecule has 0 heterocycles. The molecule has 0 spiro atoms. The fraction of sp³-hybridized carbons (Fsp3) is 0.423. The van der Waals surface area contributed by atoms with Crippen LogP contribution in [0.15, 0.2) is 48.5 Å². The van der Waals surface area contributed by atoms with E-state index in [4.69, 9.17) is 4.74 Å². The SMILES string of the molecule is CC(C)(NC(=O)[C@]12C[C@H](NC(=O)OCC3c4ccccc4-c4ccccc43)C[C@H]1C2)C(=O)O. The maximum Gasteiger partial charge on any atom is 0.407 e. The van der Waals surface area contributed by atoms with Gasteiger partial charge in [-0.3, -0.25) is 4.79 Å². The number of benzene rings is 2. The minimum absolute atomic E-state index is 0.00417. The van der Waals surface area contributed by atoms with Crippen LogP contribution >= 0.6 is 0 Å². The van der Waals surface area contributed by atoms with Crippen LogP contribution in [-0.2, 0) is 14.3 Å². The zero-order valence-corrected chi connectivity index (χ0v) is 18.8. The van der Waals surface area contributed by atoms with Gasteiger partial charge in [-0.25, -0.2) is 9.59 Å². The summed E-state index contributed by atoms with van der Waals surface area (Å²) in [7, 11) is 0. The molecule has 0 saturated heterocycles. The molecule has 0 bridgehead atoms. The van der Waals surface area contributed by atoms with E-state index in [0.717, 1.165) is 17.5 Å². The van der Waals surface area contributed by atoms with E-state index in [9.17, 15) is 19.5 Å². The van der Waals surface area contributed by atoms with Gasteiger partial charge >= 0.3 is 12.1 Å². The van der Waals surface area contributed by atoms with Crippen molar-refractivity contribution in [1.82, 2.24) is 10.6 Å². The van der Waals surface area contributed by atoms with Crippen LogP contribution in [-0.4, -0.2) is 41.3 Å². The van der Waals surface area contributed by atoms with Gasteiger partial charge < -0.3 is 20.5 Å². The molecule has 3 N–H and O–H groups in total. The molecule has 0 aliphatic heterocycles. The lowest BCUT2D eigenvalue weighted by atomic mass is 9.98. The summed E-state index contributed by atoms with van der Waals surface area (Å²) >= 11 is 0. The zero-order chi connectivity index (χ0) is 23.4. The topological polar surface area (TPSA) is 105 Å². The van der Waals surface area contributed by atoms with Crippen LogP contribution in [0.2, 0.25) is 0 Å². The molecular formula is C26H28N2O5. The van der Waals surface area contributed by atoms with Gasteiger partial charge in [0.1, 0.15) is 12.1 Å². The van der Waals surface area contributed by atoms with E-state index in [1.165, 1.54) is 25.0 Å². The van der Waals surface area contributed by atoms with E-state index in [2.05, 4.69) is 34.9 Å². The molecule has 0 radical (unpaired) electrons. The molecule has 5 rings (SSSR count). The number of alkyl carbamates (subject to hydrolysis) is 1. The molecule has 0 aromatic heterocycles. The lowest BCUT2D eigenvalue weighted by Crippen LogP contribution is -2.52. The number of amides is 2. The Morgan fingerprint density at radius 3 is 2.24 bits per heavy atom. The number of rotatable bonds is 6. The first-order valence-electron chi connectivity index (χ1n) is 11.4. The van der Waals surface area contributed by atoms with E-state index < -0.39 is 23.0 Å². The number of hydrogen-bond donors (Lipinski definition) is 3. The second-order valence-electron chi connectivity index (χ2n) is 10.0. The normalized spacial score (nSPS) is 24.9. The average Bonchev–Trinajstić information content (AvgIpc) is 3.20. The predicted molar refractivity (Wildman–Crippen MR) is 122 cm³/mol. The van der Waals surface area contributed by atoms with Gasteiger partial charge in [0.15, 0.2) is 0 Å². The third-order valence-corrected chi connectivity index (χ3v) is 7.49. The Labute approximate surface area is 192 Å². The van der Waals surface area contributed by atoms with Crippen molar-refractivity contribution in [3.63, 3.8) is 0 Å². The van der Waals surface area contributed by atoms with Gasteiger partial charge in [-0.2, -0.15) is 0 Å². The minimum Gasteiger partial charge on any atom is -0.480 e. The number of fused-ring (bicyclic) bond motifs is 4. The van der Waals surface area contributed by atoms with E-state index in [0.29, 0.717) is 12.8 Å². The van der Waals surface area contributed by atoms with Gasteiger partial charge in [0.25, 0.3) is 0 Å². The van der Waals surface area contributed by atoms with E-state index in [1.54, 1.807) is 0 Å². The lowest BCUT2D eigenvalue weighted by molar-refractivity contribution is -0.147. The molecular weight excluding hydrogens is 420 g/mol. The summed E-state index contributed by atoms with van der Waals surface area (Å²) in [5, 5.41) is 14.9. The van der Waals surface area contributed by atoms with Crippen LogP contribution in [0, 0.1) is 11.3 Å². The highest BCUT2D eigenvalue weighted by molar-refractivity contribution is 5.92. The van der Waals surface area contributed by atoms with Crippen LogP contribution in [0.25, 0.3) is 11.1 Å². The first kappa shape index (κ1) is 21.5. The molecule has 7 heteroatoms. The highest BCUT2D eigenvalue weighted by atomic mass is 16.5. The summed E-state index contributed by atoms with van der Waals surface area (Å²) in [6, 6.07) is 16.2. The second-order valence-corrected chi connectivity index (χ2v) is 10.0. The molecule has 0 unspecified atom stereocenters. The van der Waals surface area contributed by atoms with Crippen LogP contribution in [0.5, 0.6) is 0 Å². The molecule has 3 aliphatic carbocycles. The van der Waals surface area contributed by atoms with Crippen LogP contribution in [0.4, 0.5) is 4.79 Å². The number of carboxylic acid groups (broad SMARTS) is 1. The van der Waals surface area contributed by atoms with Crippen LogP contribution in [0.1, 0.15) is 50.2 Å². The highest BCUT2D eigenvalue weighted by Gasteiger charge is 2.65. The molecule has 3 atom stereocenters. The molecule has 172 valence electrons. The van der Waals surface area contributed by atoms with E-state index >= 15 is 0 Å². The number of carbonyl (C=O) groups is 3. The predicted octanol–water partition coefficient (Wildman–Crippen LogP) is 3.67. The van der Waals surface area contributed by atoms with Crippen molar-refractivity contribution in [2.24, 2.45) is 11.3 Å². The third-order valence-electron chi connectivity index (χ3n) is 7.49. The Balaban J connectivity index is 1.18. The first-order chi connectivity index (χ1) is 15.7. The molecule has 3 aliphatic rings. The lowest BCUT2D eigenvalue weighted by Gasteiger charge is -2.25. The number of ether oxygens (including phenoxy) is 1. The average molecular weight is 449 g/mol. The van der Waals surface area contributed by atoms with Crippen molar-refractivity contribution in [1.29, 1.82) is 0 Å². The van der Waals surface area contributed by atoms with Crippen molar-refractivity contribution in [2.75, 3.05) is 6.61 Å². The van der Waals surface area contributed by atoms with Crippen molar-refractivity contribution < 1.29 is 24.2 Å². The van der Waals surface area contributed by atoms with Gasteiger partial charge in [-0.05, 0) is 61.3 Å². The summed E-state index contributed by atoms with van der Waals surface area (Å²) < 4.78 is 5.63. The molecule has 33 heavy (non-hydrogen) atoms. The third kappa shape index (κ3) is 3.65. The maximum absolute atomic E-state index is 12.8. The number of hydrogen-bond acceptors (Lipinski definition) is 4. The first-order valence-corrected chi connectivity index (χ1v) is 11.4. The van der Waals surface area contributed by atoms with E-state index in [1.807, 2.05) is 24.3 Å². The van der Waals surface area contributed by atoms with Gasteiger partial charge in [-0.15, -0.1) is 0 Å². The van der Waals surface area contributed by atoms with Crippen molar-refractivity contribution >= 4 is 18.0 Å². The Hall–Kier alpha value is -3.35. The van der Waals surface area contributed by atoms with Gasteiger partial charge in [0.2, 0.25) is 5.91 Å². The van der Waals surface area contributed by atoms with Gasteiger partial charge in [0, 0.05) is 12.0 Å². The fourth-order valence-electron chi connectivity index (χ4n) is 5.56. The number of carbonyl (C=O) groups excluding carboxylic acids is 2. The molecule has 2 amide bonds. The number of aliphatic carboxylic acids is 1. The standard InChI is InChI=1S/C26H28N2O5/c1-25(2,23(30)31)28-22(29)26-12-15(26)11-16(13-26)27-24(32)33-14-21-19-9-5-3-7-17(19)18-8-4-6-10-20(18)21/h3-10,15-16,21H,11-14H2,1-2H3,(H,27,32)(H,28,29)(H,30,31)/t15-,16+,26+/m0/s1. The van der Waals surface area contributed by atoms with Crippen molar-refractivity contribution in [2.45, 2.75) is 50.6 Å². The molecule has 2 aromatic carbocycles. The smallest absolute Gasteiger partial charge is 0.407 e. The fourth-order valence-corrected chi connectivity index (χ4v) is 5.56. The molecule has 2 aromatic rings. The Morgan fingerprint density at radius 2 is 1.64 bits per heavy atom. The summed E-state index contributed by atoms with van der Waals surface area (Å²) in [6.07, 6.45) is 1.45. The summed E-state index contributed by atoms with van der Waals surface area (Å²) in [5.74, 6) is -1.15. The van der Waals surface area contributed by atoms with E-state index in [-0.39, 0.29) is 30.4 Å². The molecule has 7 nitrogen and oxygen atoms in total. The van der Waals surface area contributed by atoms with Crippen LogP contribution < -0.4 is 10.6 Å². The van der Waals surface area contributed by atoms with Crippen molar-refractivity contribution in [3.8, 4) is 11.1 Å². The van der Waals surface area contributed by atoms with Gasteiger partial charge in [-0.1, -0.05) is 48.5 Å². The number of carboxylic acids is 1. The quantitative estimate of drug-likeness (QED) is 0.625. The Bertz CT molecular complexity index is 1100. The maximum atomic E-state index is 12.8. The Morgan fingerprint density at radius 1 is 1.03 bits per heavy atom. The Kier molecular flexibility index (Phi) is 4.96.